The van der Waals surface area contributed by atoms with Gasteiger partial charge < -0.3 is 14.7 Å². The topological polar surface area (TPSA) is 85.2 Å². The summed E-state index contributed by atoms with van der Waals surface area (Å²) in [5.41, 5.74) is -0.302. The van der Waals surface area contributed by atoms with E-state index in [0.717, 1.165) is 0 Å². The Hall–Kier alpha value is -2.11. The number of ether oxygens (including phenoxy) is 1. The molecule has 1 atom stereocenters. The van der Waals surface area contributed by atoms with Crippen molar-refractivity contribution in [3.05, 3.63) is 24.0 Å². The summed E-state index contributed by atoms with van der Waals surface area (Å²) in [6.07, 6.45) is 2.82. The van der Waals surface area contributed by atoms with Crippen LogP contribution >= 0.6 is 0 Å². The van der Waals surface area contributed by atoms with Crippen LogP contribution in [0.2, 0.25) is 0 Å². The van der Waals surface area contributed by atoms with Crippen molar-refractivity contribution in [2.45, 2.75) is 40.0 Å². The zero-order valence-electron chi connectivity index (χ0n) is 14.2. The number of allylic oxidation sites excluding steroid dienone is 1. The van der Waals surface area contributed by atoms with Crippen molar-refractivity contribution in [2.75, 3.05) is 13.7 Å². The van der Waals surface area contributed by atoms with Crippen molar-refractivity contribution in [1.82, 2.24) is 0 Å². The largest absolute Gasteiger partial charge is 0.511 e. The van der Waals surface area contributed by atoms with E-state index < -0.39 is 17.3 Å². The van der Waals surface area contributed by atoms with Crippen LogP contribution < -0.4 is 0 Å². The van der Waals surface area contributed by atoms with Crippen LogP contribution in [0.25, 0.3) is 0 Å². The lowest BCUT2D eigenvalue weighted by molar-refractivity contribution is -0.150. The average molecular weight is 323 g/mol. The van der Waals surface area contributed by atoms with Gasteiger partial charge >= 0.3 is 5.97 Å². The fraction of sp³-hybridized carbons (Fsp3) is 0.588. The quantitative estimate of drug-likeness (QED) is 0.256. The van der Waals surface area contributed by atoms with Gasteiger partial charge in [0.15, 0.2) is 5.78 Å². The first-order chi connectivity index (χ1) is 10.8. The highest BCUT2D eigenvalue weighted by Crippen LogP contribution is 2.42. The predicted octanol–water partition coefficient (Wildman–Crippen LogP) is 2.95. The van der Waals surface area contributed by atoms with Crippen LogP contribution in [-0.4, -0.2) is 36.3 Å². The third-order valence-electron chi connectivity index (χ3n) is 3.79. The molecule has 1 aliphatic rings. The van der Waals surface area contributed by atoms with Crippen LogP contribution in [0.1, 0.15) is 40.0 Å². The molecular formula is C17H25NO5. The number of hydrogen-bond acceptors (Lipinski definition) is 6. The zero-order valence-corrected chi connectivity index (χ0v) is 14.2. The lowest BCUT2D eigenvalue weighted by Crippen LogP contribution is -2.41. The van der Waals surface area contributed by atoms with Gasteiger partial charge in [0.05, 0.1) is 18.4 Å². The van der Waals surface area contributed by atoms with Crippen LogP contribution in [0.3, 0.4) is 0 Å². The van der Waals surface area contributed by atoms with Crippen LogP contribution in [0.4, 0.5) is 0 Å². The van der Waals surface area contributed by atoms with Crippen LogP contribution in [0, 0.1) is 11.3 Å². The molecule has 0 fully saturated rings. The SMILES string of the molecule is C=CCO/N=C(/CCC)C1=C(O)C(C(=O)OC)C(C)(C)CC1=O. The number of ketones is 1. The second-order valence-electron chi connectivity index (χ2n) is 6.18. The van der Waals surface area contributed by atoms with Crippen molar-refractivity contribution < 1.29 is 24.3 Å². The number of esters is 1. The molecule has 128 valence electrons. The number of methoxy groups -OCH3 is 1. The number of hydrogen-bond donors (Lipinski definition) is 1. The van der Waals surface area contributed by atoms with Gasteiger partial charge in [-0.25, -0.2) is 0 Å². The molecule has 1 N–H and O–H groups in total. The Labute approximate surface area is 136 Å². The molecule has 23 heavy (non-hydrogen) atoms. The number of rotatable bonds is 7. The van der Waals surface area contributed by atoms with E-state index in [4.69, 9.17) is 9.57 Å². The lowest BCUT2D eigenvalue weighted by atomic mass is 9.67. The number of Topliss-reactive ketones (excluding diaryl/α,β-unsaturated/α-hetero) is 1. The third kappa shape index (κ3) is 4.21. The molecule has 0 aromatic rings. The first kappa shape index (κ1) is 18.9. The number of oxime groups is 1. The van der Waals surface area contributed by atoms with Gasteiger partial charge in [-0.2, -0.15) is 0 Å². The lowest BCUT2D eigenvalue weighted by Gasteiger charge is -2.36. The molecule has 0 saturated carbocycles. The summed E-state index contributed by atoms with van der Waals surface area (Å²) in [4.78, 5) is 29.7. The van der Waals surface area contributed by atoms with Gasteiger partial charge in [0, 0.05) is 6.42 Å². The maximum atomic E-state index is 12.5. The molecule has 1 unspecified atom stereocenters. The molecule has 0 amide bonds. The van der Waals surface area contributed by atoms with Gasteiger partial charge in [0.2, 0.25) is 0 Å². The van der Waals surface area contributed by atoms with Gasteiger partial charge in [-0.05, 0) is 11.8 Å². The molecule has 0 bridgehead atoms. The van der Waals surface area contributed by atoms with Gasteiger partial charge in [-0.3, -0.25) is 9.59 Å². The number of carbonyl (C=O) groups is 2. The molecule has 6 nitrogen and oxygen atoms in total. The predicted molar refractivity (Wildman–Crippen MR) is 87.1 cm³/mol. The van der Waals surface area contributed by atoms with E-state index in [2.05, 4.69) is 11.7 Å². The van der Waals surface area contributed by atoms with E-state index in [-0.39, 0.29) is 30.1 Å². The maximum Gasteiger partial charge on any atom is 0.316 e. The number of nitrogens with zero attached hydrogens (tertiary/aromatic N) is 1. The van der Waals surface area contributed by atoms with E-state index in [9.17, 15) is 14.7 Å². The Morgan fingerprint density at radius 1 is 1.52 bits per heavy atom. The molecule has 1 aliphatic carbocycles. The second-order valence-corrected chi connectivity index (χ2v) is 6.18. The van der Waals surface area contributed by atoms with Crippen molar-refractivity contribution in [1.29, 1.82) is 0 Å². The van der Waals surface area contributed by atoms with E-state index in [0.29, 0.717) is 18.6 Å². The van der Waals surface area contributed by atoms with E-state index in [1.54, 1.807) is 13.8 Å². The minimum atomic E-state index is -0.901. The van der Waals surface area contributed by atoms with Crippen LogP contribution in [0.5, 0.6) is 0 Å². The maximum absolute atomic E-state index is 12.5. The zero-order chi connectivity index (χ0) is 17.6. The molecule has 0 aromatic carbocycles. The summed E-state index contributed by atoms with van der Waals surface area (Å²) in [5.74, 6) is -2.00. The summed E-state index contributed by atoms with van der Waals surface area (Å²) in [7, 11) is 1.26. The molecule has 0 spiro atoms. The number of carbonyl (C=O) groups excluding carboxylic acids is 2. The van der Waals surface area contributed by atoms with Crippen molar-refractivity contribution in [2.24, 2.45) is 16.5 Å². The van der Waals surface area contributed by atoms with E-state index in [1.807, 2.05) is 6.92 Å². The second kappa shape index (κ2) is 7.94. The normalized spacial score (nSPS) is 21.1. The van der Waals surface area contributed by atoms with Crippen molar-refractivity contribution in [3.63, 3.8) is 0 Å². The molecule has 0 aromatic heterocycles. The molecule has 0 heterocycles. The first-order valence-corrected chi connectivity index (χ1v) is 7.64. The monoisotopic (exact) mass is 323 g/mol. The Balaban J connectivity index is 3.37. The van der Waals surface area contributed by atoms with Gasteiger partial charge in [-0.1, -0.05) is 45.0 Å². The molecule has 0 saturated heterocycles. The summed E-state index contributed by atoms with van der Waals surface area (Å²) < 4.78 is 4.79. The van der Waals surface area contributed by atoms with Gasteiger partial charge in [0.1, 0.15) is 18.3 Å². The van der Waals surface area contributed by atoms with Crippen LogP contribution in [0.15, 0.2) is 29.1 Å². The summed E-state index contributed by atoms with van der Waals surface area (Å²) in [6, 6.07) is 0. The van der Waals surface area contributed by atoms with Crippen molar-refractivity contribution in [3.8, 4) is 0 Å². The highest BCUT2D eigenvalue weighted by atomic mass is 16.6. The highest BCUT2D eigenvalue weighted by molar-refractivity contribution is 6.23. The molecule has 6 heteroatoms. The van der Waals surface area contributed by atoms with E-state index in [1.165, 1.54) is 13.2 Å². The van der Waals surface area contributed by atoms with E-state index >= 15 is 0 Å². The first-order valence-electron chi connectivity index (χ1n) is 7.64. The minimum absolute atomic E-state index is 0.0747. The average Bonchev–Trinajstić information content (AvgIpc) is 2.45. The molecular weight excluding hydrogens is 298 g/mol. The minimum Gasteiger partial charge on any atom is -0.511 e. The Morgan fingerprint density at radius 3 is 2.70 bits per heavy atom. The highest BCUT2D eigenvalue weighted by Gasteiger charge is 2.47. The Bertz CT molecular complexity index is 545. The molecule has 1 rings (SSSR count). The third-order valence-corrected chi connectivity index (χ3v) is 3.79. The van der Waals surface area contributed by atoms with Crippen LogP contribution in [-0.2, 0) is 19.2 Å². The Morgan fingerprint density at radius 2 is 2.17 bits per heavy atom. The summed E-state index contributed by atoms with van der Waals surface area (Å²) >= 11 is 0. The van der Waals surface area contributed by atoms with Crippen molar-refractivity contribution >= 4 is 17.5 Å². The summed E-state index contributed by atoms with van der Waals surface area (Å²) in [5, 5.41) is 14.5. The van der Waals surface area contributed by atoms with Gasteiger partial charge in [0.25, 0.3) is 0 Å². The molecule has 0 radical (unpaired) electrons. The molecule has 0 aliphatic heterocycles. The standard InChI is InChI=1S/C17H25NO5/c1-6-8-11(18-23-9-7-2)13-12(19)10-17(3,4)14(15(13)20)16(21)22-5/h7,14,20H,2,6,8-10H2,1,3-5H3/b18-11-. The summed E-state index contributed by atoms with van der Waals surface area (Å²) in [6.45, 7) is 9.16. The smallest absolute Gasteiger partial charge is 0.316 e. The van der Waals surface area contributed by atoms with Gasteiger partial charge in [-0.15, -0.1) is 0 Å². The number of aliphatic hydroxyl groups is 1. The fourth-order valence-corrected chi connectivity index (χ4v) is 2.74. The number of aliphatic hydroxyl groups excluding tert-OH is 1. The fourth-order valence-electron chi connectivity index (χ4n) is 2.74. The Kier molecular flexibility index (Phi) is 6.54.